The molecule has 4 rings (SSSR count). The van der Waals surface area contributed by atoms with Crippen LogP contribution in [0.25, 0.3) is 11.1 Å². The van der Waals surface area contributed by atoms with Crippen LogP contribution >= 0.6 is 11.6 Å². The second-order valence-corrected chi connectivity index (χ2v) is 14.1. The third-order valence-electron chi connectivity index (χ3n) is 7.91. The number of benzene rings is 3. The number of sulfone groups is 1. The van der Waals surface area contributed by atoms with Crippen molar-refractivity contribution in [2.75, 3.05) is 6.26 Å². The first-order valence-electron chi connectivity index (χ1n) is 13.8. The third kappa shape index (κ3) is 7.49. The minimum absolute atomic E-state index is 0.00894. The van der Waals surface area contributed by atoms with Gasteiger partial charge in [-0.05, 0) is 61.2 Å². The molecule has 242 valence electrons. The van der Waals surface area contributed by atoms with Crippen molar-refractivity contribution in [3.05, 3.63) is 88.2 Å². The molecule has 0 saturated heterocycles. The molecule has 1 saturated carbocycles. The number of halogens is 6. The van der Waals surface area contributed by atoms with E-state index in [0.717, 1.165) is 38.3 Å². The molecule has 3 unspecified atom stereocenters. The van der Waals surface area contributed by atoms with Crippen LogP contribution in [-0.4, -0.2) is 44.0 Å². The number of hydrogen-bond donors (Lipinski definition) is 2. The molecule has 1 fully saturated rings. The molecule has 1 aliphatic carbocycles. The van der Waals surface area contributed by atoms with Gasteiger partial charge in [0.2, 0.25) is 5.91 Å². The Kier molecular flexibility index (Phi) is 9.56. The molecule has 1 amide bonds. The maximum absolute atomic E-state index is 15.2. The number of rotatable bonds is 10. The smallest absolute Gasteiger partial charge is 0.338 e. The summed E-state index contributed by atoms with van der Waals surface area (Å²) in [6.45, 7) is 2.27. The van der Waals surface area contributed by atoms with Crippen molar-refractivity contribution in [1.82, 2.24) is 10.6 Å². The van der Waals surface area contributed by atoms with Gasteiger partial charge < -0.3 is 5.32 Å². The van der Waals surface area contributed by atoms with Crippen molar-refractivity contribution in [3.63, 3.8) is 0 Å². The topological polar surface area (TPSA) is 123 Å². The average molecular weight is 679 g/mol. The van der Waals surface area contributed by atoms with Crippen LogP contribution in [0.3, 0.4) is 0 Å². The van der Waals surface area contributed by atoms with Gasteiger partial charge >= 0.3 is 6.18 Å². The van der Waals surface area contributed by atoms with Crippen molar-refractivity contribution >= 4 is 27.3 Å². The van der Waals surface area contributed by atoms with Crippen LogP contribution in [0.4, 0.5) is 22.0 Å². The summed E-state index contributed by atoms with van der Waals surface area (Å²) in [6.07, 6.45) is -4.60. The van der Waals surface area contributed by atoms with Gasteiger partial charge in [0.15, 0.2) is 9.84 Å². The Morgan fingerprint density at radius 1 is 1.07 bits per heavy atom. The number of nitriles is 2. The van der Waals surface area contributed by atoms with Gasteiger partial charge in [-0.2, -0.15) is 23.7 Å². The molecule has 46 heavy (non-hydrogen) atoms. The van der Waals surface area contributed by atoms with E-state index in [2.05, 4.69) is 10.6 Å². The lowest BCUT2D eigenvalue weighted by Gasteiger charge is -2.30. The zero-order valence-electron chi connectivity index (χ0n) is 24.7. The van der Waals surface area contributed by atoms with Gasteiger partial charge in [-0.3, -0.25) is 10.1 Å². The standard InChI is InChI=1S/C32H28ClF5N4O3S/c1-30(2,35)27-15-31(27,29(43)41-22(17-40)13-21-5-4-18(16-39)12-26(21)34)42-28(32(36,37)38)20-8-6-19(7-9-20)24-11-10-23(14-25(24)33)46(3,44)45/h4-12,14,22,27-28,42H,13,15H2,1-3H3,(H,41,43)/t22?,27?,28-,31?/m0/s1. The molecule has 0 heterocycles. The molecule has 1 aliphatic rings. The maximum atomic E-state index is 15.2. The van der Waals surface area contributed by atoms with Crippen molar-refractivity contribution in [2.24, 2.45) is 5.92 Å². The highest BCUT2D eigenvalue weighted by molar-refractivity contribution is 7.90. The van der Waals surface area contributed by atoms with E-state index in [1.807, 2.05) is 0 Å². The zero-order chi connectivity index (χ0) is 34.2. The summed E-state index contributed by atoms with van der Waals surface area (Å²) in [7, 11) is -3.54. The lowest BCUT2D eigenvalue weighted by atomic mass is 9.96. The van der Waals surface area contributed by atoms with Crippen LogP contribution in [0.5, 0.6) is 0 Å². The third-order valence-corrected chi connectivity index (χ3v) is 9.34. The van der Waals surface area contributed by atoms with Gasteiger partial charge in [-0.1, -0.05) is 48.0 Å². The fourth-order valence-corrected chi connectivity index (χ4v) is 6.41. The molecule has 0 bridgehead atoms. The van der Waals surface area contributed by atoms with Crippen molar-refractivity contribution in [3.8, 4) is 23.3 Å². The van der Waals surface area contributed by atoms with E-state index in [1.54, 1.807) is 12.1 Å². The quantitative estimate of drug-likeness (QED) is 0.240. The Hall–Kier alpha value is -4.04. The number of amides is 1. The Balaban J connectivity index is 1.62. The van der Waals surface area contributed by atoms with E-state index in [9.17, 15) is 36.0 Å². The summed E-state index contributed by atoms with van der Waals surface area (Å²) >= 11 is 6.27. The Bertz CT molecular complexity index is 1850. The second-order valence-electron chi connectivity index (χ2n) is 11.7. The molecule has 7 nitrogen and oxygen atoms in total. The van der Waals surface area contributed by atoms with Crippen LogP contribution in [0, 0.1) is 34.4 Å². The predicted octanol–water partition coefficient (Wildman–Crippen LogP) is 6.37. The Morgan fingerprint density at radius 3 is 2.20 bits per heavy atom. The molecular weight excluding hydrogens is 651 g/mol. The van der Waals surface area contributed by atoms with Crippen molar-refractivity contribution < 1.29 is 35.2 Å². The Labute approximate surface area is 267 Å². The number of alkyl halides is 4. The molecule has 0 radical (unpaired) electrons. The summed E-state index contributed by atoms with van der Waals surface area (Å²) < 4.78 is 96.9. The summed E-state index contributed by atoms with van der Waals surface area (Å²) in [5.74, 6) is -3.04. The normalized spacial score (nSPS) is 19.4. The SMILES string of the molecule is CC(C)(F)C1CC1(N[C@@H](c1ccc(-c2ccc(S(C)(=O)=O)cc2Cl)cc1)C(F)(F)F)C(=O)NC(C#N)Cc1ccc(C#N)cc1F. The van der Waals surface area contributed by atoms with Crippen LogP contribution < -0.4 is 10.6 Å². The highest BCUT2D eigenvalue weighted by atomic mass is 35.5. The zero-order valence-corrected chi connectivity index (χ0v) is 26.3. The summed E-state index contributed by atoms with van der Waals surface area (Å²) in [4.78, 5) is 13.5. The maximum Gasteiger partial charge on any atom is 0.407 e. The molecule has 0 aromatic heterocycles. The van der Waals surface area contributed by atoms with Gasteiger partial charge in [0.05, 0.1) is 22.6 Å². The molecule has 14 heteroatoms. The number of nitrogens with one attached hydrogen (secondary N) is 2. The van der Waals surface area contributed by atoms with E-state index in [0.29, 0.717) is 11.1 Å². The minimum atomic E-state index is -4.95. The fraction of sp³-hybridized carbons (Fsp3) is 0.344. The molecule has 2 N–H and O–H groups in total. The van der Waals surface area contributed by atoms with Gasteiger partial charge in [0.1, 0.15) is 29.1 Å². The monoisotopic (exact) mass is 678 g/mol. The lowest BCUT2D eigenvalue weighted by Crippen LogP contribution is -2.55. The Morgan fingerprint density at radius 2 is 1.72 bits per heavy atom. The van der Waals surface area contributed by atoms with E-state index >= 15 is 4.39 Å². The second kappa shape index (κ2) is 12.6. The van der Waals surface area contributed by atoms with Crippen LogP contribution in [0.1, 0.15) is 43.0 Å². The van der Waals surface area contributed by atoms with Gasteiger partial charge in [0, 0.05) is 29.2 Å². The van der Waals surface area contributed by atoms with Crippen LogP contribution in [0.2, 0.25) is 5.02 Å². The van der Waals surface area contributed by atoms with Crippen LogP contribution in [0.15, 0.2) is 65.6 Å². The van der Waals surface area contributed by atoms with Crippen molar-refractivity contribution in [1.29, 1.82) is 10.5 Å². The predicted molar refractivity (Wildman–Crippen MR) is 160 cm³/mol. The minimum Gasteiger partial charge on any atom is -0.338 e. The molecule has 3 aromatic carbocycles. The summed E-state index contributed by atoms with van der Waals surface area (Å²) in [5, 5.41) is 23.4. The van der Waals surface area contributed by atoms with E-state index in [4.69, 9.17) is 16.9 Å². The molecule has 4 atom stereocenters. The first kappa shape index (κ1) is 34.8. The average Bonchev–Trinajstić information content (AvgIpc) is 3.72. The highest BCUT2D eigenvalue weighted by Gasteiger charge is 2.68. The first-order valence-corrected chi connectivity index (χ1v) is 16.1. The number of hydrogen-bond acceptors (Lipinski definition) is 6. The van der Waals surface area contributed by atoms with Crippen molar-refractivity contribution in [2.45, 2.75) is 61.1 Å². The molecule has 0 spiro atoms. The highest BCUT2D eigenvalue weighted by Crippen LogP contribution is 2.54. The summed E-state index contributed by atoms with van der Waals surface area (Å²) in [5.41, 5.74) is -3.65. The molecule has 3 aromatic rings. The first-order chi connectivity index (χ1) is 21.3. The largest absolute Gasteiger partial charge is 0.407 e. The summed E-state index contributed by atoms with van der Waals surface area (Å²) in [6, 6.07) is 12.3. The number of nitrogens with zero attached hydrogens (tertiary/aromatic N) is 2. The number of carbonyl (C=O) groups is 1. The van der Waals surface area contributed by atoms with Crippen LogP contribution in [-0.2, 0) is 21.1 Å². The van der Waals surface area contributed by atoms with Gasteiger partial charge in [-0.15, -0.1) is 0 Å². The lowest BCUT2D eigenvalue weighted by molar-refractivity contribution is -0.162. The molecular formula is C32H28ClF5N4O3S. The van der Waals surface area contributed by atoms with Gasteiger partial charge in [-0.25, -0.2) is 17.2 Å². The van der Waals surface area contributed by atoms with Gasteiger partial charge in [0.25, 0.3) is 0 Å². The molecule has 0 aliphatic heterocycles. The fourth-order valence-electron chi connectivity index (χ4n) is 5.41. The van der Waals surface area contributed by atoms with E-state index in [-0.39, 0.29) is 39.5 Å². The van der Waals surface area contributed by atoms with E-state index < -0.39 is 56.9 Å². The number of carbonyl (C=O) groups excluding carboxylic acids is 1. The van der Waals surface area contributed by atoms with E-state index in [1.165, 1.54) is 42.5 Å².